The van der Waals surface area contributed by atoms with Gasteiger partial charge in [0.15, 0.2) is 18.1 Å². The van der Waals surface area contributed by atoms with Crippen LogP contribution in [-0.4, -0.2) is 25.7 Å². The van der Waals surface area contributed by atoms with Crippen LogP contribution in [0.3, 0.4) is 0 Å². The van der Waals surface area contributed by atoms with Crippen molar-refractivity contribution >= 4 is 27.5 Å². The molecule has 0 unspecified atom stereocenters. The average molecular weight is 382 g/mol. The molecule has 0 aromatic heterocycles. The highest BCUT2D eigenvalue weighted by molar-refractivity contribution is 9.10. The molecule has 0 fully saturated rings. The highest BCUT2D eigenvalue weighted by Gasteiger charge is 2.16. The Hall–Kier alpha value is -2.28. The molecule has 2 aromatic carbocycles. The van der Waals surface area contributed by atoms with Crippen molar-refractivity contribution in [2.45, 2.75) is 0 Å². The minimum Gasteiger partial charge on any atom is -0.486 e. The standard InChI is InChI=1S/C16H13BrFNO4/c17-12-7-14-15(22-5-4-21-14)8-13(12)19-16(20)9-23-11-3-1-2-10(18)6-11/h1-3,6-8H,4-5,9H2,(H,19,20). The van der Waals surface area contributed by atoms with Gasteiger partial charge in [-0.25, -0.2) is 4.39 Å². The van der Waals surface area contributed by atoms with Crippen molar-refractivity contribution in [1.29, 1.82) is 0 Å². The van der Waals surface area contributed by atoms with E-state index in [-0.39, 0.29) is 12.5 Å². The van der Waals surface area contributed by atoms with E-state index in [1.807, 2.05) is 0 Å². The summed E-state index contributed by atoms with van der Waals surface area (Å²) in [6, 6.07) is 9.03. The first-order chi connectivity index (χ1) is 11.1. The maximum atomic E-state index is 13.0. The van der Waals surface area contributed by atoms with Crippen molar-refractivity contribution in [3.8, 4) is 17.2 Å². The van der Waals surface area contributed by atoms with E-state index in [0.717, 1.165) is 0 Å². The van der Waals surface area contributed by atoms with Gasteiger partial charge in [-0.15, -0.1) is 0 Å². The van der Waals surface area contributed by atoms with E-state index in [0.29, 0.717) is 40.6 Å². The van der Waals surface area contributed by atoms with Gasteiger partial charge in [0.05, 0.1) is 5.69 Å². The lowest BCUT2D eigenvalue weighted by Crippen LogP contribution is -2.21. The van der Waals surface area contributed by atoms with Crippen LogP contribution in [0.4, 0.5) is 10.1 Å². The summed E-state index contributed by atoms with van der Waals surface area (Å²) in [5.41, 5.74) is 0.544. The van der Waals surface area contributed by atoms with E-state index in [1.54, 1.807) is 18.2 Å². The van der Waals surface area contributed by atoms with Gasteiger partial charge in [-0.2, -0.15) is 0 Å². The molecular weight excluding hydrogens is 369 g/mol. The third kappa shape index (κ3) is 3.92. The molecule has 0 aliphatic carbocycles. The Balaban J connectivity index is 1.63. The highest BCUT2D eigenvalue weighted by atomic mass is 79.9. The van der Waals surface area contributed by atoms with Crippen LogP contribution in [0.1, 0.15) is 0 Å². The van der Waals surface area contributed by atoms with Crippen molar-refractivity contribution in [3.05, 3.63) is 46.7 Å². The molecule has 1 aliphatic heterocycles. The van der Waals surface area contributed by atoms with Crippen molar-refractivity contribution in [2.24, 2.45) is 0 Å². The topological polar surface area (TPSA) is 56.8 Å². The Morgan fingerprint density at radius 1 is 1.22 bits per heavy atom. The molecule has 120 valence electrons. The van der Waals surface area contributed by atoms with Crippen LogP contribution >= 0.6 is 15.9 Å². The summed E-state index contributed by atoms with van der Waals surface area (Å²) in [5, 5.41) is 2.71. The van der Waals surface area contributed by atoms with Crippen molar-refractivity contribution in [1.82, 2.24) is 0 Å². The van der Waals surface area contributed by atoms with Gasteiger partial charge in [0.2, 0.25) is 0 Å². The molecule has 2 aromatic rings. The third-order valence-electron chi connectivity index (χ3n) is 3.07. The van der Waals surface area contributed by atoms with E-state index >= 15 is 0 Å². The zero-order valence-corrected chi connectivity index (χ0v) is 13.6. The van der Waals surface area contributed by atoms with E-state index in [4.69, 9.17) is 14.2 Å². The smallest absolute Gasteiger partial charge is 0.262 e. The van der Waals surface area contributed by atoms with Gasteiger partial charge >= 0.3 is 0 Å². The van der Waals surface area contributed by atoms with Gasteiger partial charge in [-0.3, -0.25) is 4.79 Å². The zero-order valence-electron chi connectivity index (χ0n) is 12.0. The molecule has 0 saturated carbocycles. The summed E-state index contributed by atoms with van der Waals surface area (Å²) in [6.45, 7) is 0.724. The Morgan fingerprint density at radius 2 is 1.96 bits per heavy atom. The number of ether oxygens (including phenoxy) is 3. The van der Waals surface area contributed by atoms with Gasteiger partial charge in [-0.05, 0) is 28.1 Å². The number of hydrogen-bond donors (Lipinski definition) is 1. The second kappa shape index (κ2) is 6.87. The molecule has 1 heterocycles. The first-order valence-corrected chi connectivity index (χ1v) is 7.68. The summed E-state index contributed by atoms with van der Waals surface area (Å²) in [6.07, 6.45) is 0. The Labute approximate surface area is 140 Å². The first kappa shape index (κ1) is 15.6. The molecule has 7 heteroatoms. The predicted octanol–water partition coefficient (Wildman–Crippen LogP) is 3.38. The average Bonchev–Trinajstić information content (AvgIpc) is 2.54. The summed E-state index contributed by atoms with van der Waals surface area (Å²) in [7, 11) is 0. The molecule has 0 saturated heterocycles. The molecule has 0 bridgehead atoms. The molecule has 0 spiro atoms. The second-order valence-corrected chi connectivity index (χ2v) is 5.62. The summed E-state index contributed by atoms with van der Waals surface area (Å²) in [5.74, 6) is 0.698. The summed E-state index contributed by atoms with van der Waals surface area (Å²) >= 11 is 3.37. The number of halogens is 2. The van der Waals surface area contributed by atoms with Crippen LogP contribution in [0.25, 0.3) is 0 Å². The number of nitrogens with one attached hydrogen (secondary N) is 1. The monoisotopic (exact) mass is 381 g/mol. The summed E-state index contributed by atoms with van der Waals surface area (Å²) in [4.78, 5) is 12.0. The van der Waals surface area contributed by atoms with Gasteiger partial charge in [0, 0.05) is 22.7 Å². The van der Waals surface area contributed by atoms with E-state index in [9.17, 15) is 9.18 Å². The largest absolute Gasteiger partial charge is 0.486 e. The number of benzene rings is 2. The fourth-order valence-corrected chi connectivity index (χ4v) is 2.47. The molecule has 1 aliphatic rings. The van der Waals surface area contributed by atoms with E-state index in [2.05, 4.69) is 21.2 Å². The minimum absolute atomic E-state index is 0.232. The molecule has 0 radical (unpaired) electrons. The van der Waals surface area contributed by atoms with Crippen LogP contribution in [-0.2, 0) is 4.79 Å². The van der Waals surface area contributed by atoms with Crippen molar-refractivity contribution in [3.63, 3.8) is 0 Å². The lowest BCUT2D eigenvalue weighted by Gasteiger charge is -2.20. The maximum Gasteiger partial charge on any atom is 0.262 e. The number of hydrogen-bond acceptors (Lipinski definition) is 4. The van der Waals surface area contributed by atoms with Crippen LogP contribution < -0.4 is 19.5 Å². The number of carbonyl (C=O) groups is 1. The van der Waals surface area contributed by atoms with Crippen molar-refractivity contribution in [2.75, 3.05) is 25.1 Å². The Morgan fingerprint density at radius 3 is 2.70 bits per heavy atom. The van der Waals surface area contributed by atoms with E-state index < -0.39 is 5.82 Å². The summed E-state index contributed by atoms with van der Waals surface area (Å²) < 4.78 is 29.9. The molecule has 3 rings (SSSR count). The zero-order chi connectivity index (χ0) is 16.2. The molecule has 0 atom stereocenters. The fraction of sp³-hybridized carbons (Fsp3) is 0.188. The lowest BCUT2D eigenvalue weighted by atomic mass is 10.2. The number of carbonyl (C=O) groups excluding carboxylic acids is 1. The number of amides is 1. The van der Waals surface area contributed by atoms with Crippen molar-refractivity contribution < 1.29 is 23.4 Å². The molecule has 1 amide bonds. The third-order valence-corrected chi connectivity index (χ3v) is 3.73. The minimum atomic E-state index is -0.419. The number of rotatable bonds is 4. The van der Waals surface area contributed by atoms with Crippen LogP contribution in [0.5, 0.6) is 17.2 Å². The van der Waals surface area contributed by atoms with E-state index in [1.165, 1.54) is 18.2 Å². The highest BCUT2D eigenvalue weighted by Crippen LogP contribution is 2.38. The van der Waals surface area contributed by atoms with Crippen LogP contribution in [0.2, 0.25) is 0 Å². The molecular formula is C16H13BrFNO4. The van der Waals surface area contributed by atoms with Gasteiger partial charge in [0.25, 0.3) is 5.91 Å². The maximum absolute atomic E-state index is 13.0. The van der Waals surface area contributed by atoms with Gasteiger partial charge in [-0.1, -0.05) is 6.07 Å². The molecule has 5 nitrogen and oxygen atoms in total. The number of fused-ring (bicyclic) bond motifs is 1. The van der Waals surface area contributed by atoms with Crippen LogP contribution in [0, 0.1) is 5.82 Å². The Kier molecular flexibility index (Phi) is 4.66. The second-order valence-electron chi connectivity index (χ2n) is 4.77. The quantitative estimate of drug-likeness (QED) is 0.881. The van der Waals surface area contributed by atoms with Gasteiger partial charge < -0.3 is 19.5 Å². The van der Waals surface area contributed by atoms with Crippen LogP contribution in [0.15, 0.2) is 40.9 Å². The lowest BCUT2D eigenvalue weighted by molar-refractivity contribution is -0.118. The van der Waals surface area contributed by atoms with Gasteiger partial charge in [0.1, 0.15) is 24.8 Å². The predicted molar refractivity (Wildman–Crippen MR) is 85.7 cm³/mol. The first-order valence-electron chi connectivity index (χ1n) is 6.89. The normalized spacial score (nSPS) is 12.6. The fourth-order valence-electron chi connectivity index (χ4n) is 2.05. The SMILES string of the molecule is O=C(COc1cccc(F)c1)Nc1cc2c(cc1Br)OCCO2. The Bertz CT molecular complexity index is 738. The number of anilines is 1. The molecule has 1 N–H and O–H groups in total. The molecule has 23 heavy (non-hydrogen) atoms.